The molecule has 26 heavy (non-hydrogen) atoms. The van der Waals surface area contributed by atoms with Gasteiger partial charge in [0.05, 0.1) is 12.5 Å². The minimum atomic E-state index is -0.772. The Balaban J connectivity index is 1.32. The minimum Gasteiger partial charge on any atom is -0.481 e. The van der Waals surface area contributed by atoms with Gasteiger partial charge in [-0.1, -0.05) is 0 Å². The molecule has 5 fully saturated rings. The lowest BCUT2D eigenvalue weighted by molar-refractivity contribution is -0.152. The van der Waals surface area contributed by atoms with Crippen LogP contribution in [0.3, 0.4) is 0 Å². The third kappa shape index (κ3) is 3.23. The molecule has 0 aromatic heterocycles. The van der Waals surface area contributed by atoms with E-state index in [1.807, 2.05) is 0 Å². The van der Waals surface area contributed by atoms with E-state index in [1.165, 1.54) is 32.1 Å². The van der Waals surface area contributed by atoms with Gasteiger partial charge in [0.25, 0.3) is 0 Å². The summed E-state index contributed by atoms with van der Waals surface area (Å²) in [7, 11) is 1.76. The van der Waals surface area contributed by atoms with E-state index in [-0.39, 0.29) is 30.2 Å². The van der Waals surface area contributed by atoms with Crippen LogP contribution in [0, 0.1) is 35.5 Å². The monoisotopic (exact) mass is 362 g/mol. The van der Waals surface area contributed by atoms with Gasteiger partial charge in [-0.3, -0.25) is 14.4 Å². The second kappa shape index (κ2) is 6.86. The first-order chi connectivity index (χ1) is 12.4. The molecule has 1 heterocycles. The maximum atomic E-state index is 13.1. The maximum absolute atomic E-state index is 13.1. The molecule has 0 unspecified atom stereocenters. The lowest BCUT2D eigenvalue weighted by atomic mass is 9.51. The fourth-order valence-electron chi connectivity index (χ4n) is 6.34. The molecule has 144 valence electrons. The third-order valence-electron chi connectivity index (χ3n) is 7.46. The normalized spacial score (nSPS) is 36.2. The van der Waals surface area contributed by atoms with Crippen molar-refractivity contribution in [2.45, 2.75) is 44.9 Å². The summed E-state index contributed by atoms with van der Waals surface area (Å²) in [4.78, 5) is 40.0. The van der Waals surface area contributed by atoms with E-state index < -0.39 is 5.97 Å². The lowest BCUT2D eigenvalue weighted by Crippen LogP contribution is -2.53. The Bertz CT molecular complexity index is 569. The zero-order valence-electron chi connectivity index (χ0n) is 15.6. The van der Waals surface area contributed by atoms with Crippen molar-refractivity contribution >= 4 is 17.8 Å². The number of carbonyl (C=O) groups is 3. The Morgan fingerprint density at radius 3 is 2.00 bits per heavy atom. The van der Waals surface area contributed by atoms with E-state index in [4.69, 9.17) is 5.11 Å². The number of amides is 2. The minimum absolute atomic E-state index is 0.0477. The second-order valence-electron chi connectivity index (χ2n) is 9.14. The molecule has 1 N–H and O–H groups in total. The quantitative estimate of drug-likeness (QED) is 0.828. The number of carboxylic acids is 1. The fourth-order valence-corrected chi connectivity index (χ4v) is 6.34. The molecular formula is C20H30N2O4. The number of carboxylic acid groups (broad SMARTS) is 1. The zero-order valence-corrected chi connectivity index (χ0v) is 15.6. The Morgan fingerprint density at radius 1 is 0.962 bits per heavy atom. The molecule has 2 amide bonds. The van der Waals surface area contributed by atoms with Crippen LogP contribution in [0.5, 0.6) is 0 Å². The predicted molar refractivity (Wildman–Crippen MR) is 95.1 cm³/mol. The molecule has 0 aromatic rings. The largest absolute Gasteiger partial charge is 0.481 e. The average Bonchev–Trinajstić information content (AvgIpc) is 2.60. The van der Waals surface area contributed by atoms with Gasteiger partial charge in [-0.05, 0) is 68.6 Å². The van der Waals surface area contributed by atoms with Crippen molar-refractivity contribution in [1.29, 1.82) is 0 Å². The molecule has 4 bridgehead atoms. The van der Waals surface area contributed by atoms with Gasteiger partial charge in [-0.15, -0.1) is 0 Å². The van der Waals surface area contributed by atoms with Crippen molar-refractivity contribution in [2.75, 3.05) is 26.7 Å². The van der Waals surface area contributed by atoms with E-state index in [2.05, 4.69) is 0 Å². The zero-order chi connectivity index (χ0) is 18.4. The highest BCUT2D eigenvalue weighted by atomic mass is 16.4. The first-order valence-corrected chi connectivity index (χ1v) is 10.2. The van der Waals surface area contributed by atoms with Crippen LogP contribution in [-0.2, 0) is 14.4 Å². The molecule has 0 spiro atoms. The summed E-state index contributed by atoms with van der Waals surface area (Å²) in [6.07, 6.45) is 7.20. The number of likely N-dealkylation sites (tertiary alicyclic amines) is 1. The average molecular weight is 362 g/mol. The summed E-state index contributed by atoms with van der Waals surface area (Å²) < 4.78 is 0. The topological polar surface area (TPSA) is 77.9 Å². The molecule has 4 aliphatic carbocycles. The van der Waals surface area contributed by atoms with Gasteiger partial charge >= 0.3 is 5.97 Å². The summed E-state index contributed by atoms with van der Waals surface area (Å²) >= 11 is 0. The van der Waals surface area contributed by atoms with Crippen molar-refractivity contribution in [2.24, 2.45) is 35.5 Å². The second-order valence-corrected chi connectivity index (χ2v) is 9.14. The summed E-state index contributed by atoms with van der Waals surface area (Å²) in [5.41, 5.74) is 0. The smallest absolute Gasteiger partial charge is 0.306 e. The number of hydrogen-bond acceptors (Lipinski definition) is 3. The van der Waals surface area contributed by atoms with E-state index in [0.29, 0.717) is 37.8 Å². The van der Waals surface area contributed by atoms with Crippen LogP contribution < -0.4 is 0 Å². The summed E-state index contributed by atoms with van der Waals surface area (Å²) in [6.45, 7) is 1.09. The first kappa shape index (κ1) is 17.8. The third-order valence-corrected chi connectivity index (χ3v) is 7.46. The molecular weight excluding hydrogens is 332 g/mol. The maximum Gasteiger partial charge on any atom is 0.306 e. The number of likely N-dealkylation sites (N-methyl/N-ethyl adjacent to an activating group) is 1. The fraction of sp³-hybridized carbons (Fsp3) is 0.850. The molecule has 5 rings (SSSR count). The van der Waals surface area contributed by atoms with E-state index in [9.17, 15) is 14.4 Å². The molecule has 0 aromatic carbocycles. The van der Waals surface area contributed by atoms with E-state index in [0.717, 1.165) is 11.8 Å². The SMILES string of the molecule is CN(CC(=O)N1CCC(C(=O)O)CC1)C(=O)C1C2CC3CC(C2)CC1C3. The lowest BCUT2D eigenvalue weighted by Gasteiger charge is -2.54. The predicted octanol–water partition coefficient (Wildman–Crippen LogP) is 1.84. The van der Waals surface area contributed by atoms with Crippen molar-refractivity contribution in [3.05, 3.63) is 0 Å². The molecule has 0 radical (unpaired) electrons. The van der Waals surface area contributed by atoms with Gasteiger partial charge < -0.3 is 14.9 Å². The first-order valence-electron chi connectivity index (χ1n) is 10.2. The molecule has 1 saturated heterocycles. The highest BCUT2D eigenvalue weighted by Crippen LogP contribution is 2.56. The van der Waals surface area contributed by atoms with Crippen LogP contribution in [0.1, 0.15) is 44.9 Å². The van der Waals surface area contributed by atoms with Gasteiger partial charge in [0.15, 0.2) is 0 Å². The van der Waals surface area contributed by atoms with Crippen molar-refractivity contribution < 1.29 is 19.5 Å². The number of piperidine rings is 1. The van der Waals surface area contributed by atoms with Crippen LogP contribution in [-0.4, -0.2) is 59.4 Å². The number of nitrogens with zero attached hydrogens (tertiary/aromatic N) is 2. The highest BCUT2D eigenvalue weighted by Gasteiger charge is 2.51. The Hall–Kier alpha value is -1.59. The van der Waals surface area contributed by atoms with E-state index in [1.54, 1.807) is 16.8 Å². The number of carbonyl (C=O) groups excluding carboxylic acids is 2. The molecule has 6 heteroatoms. The van der Waals surface area contributed by atoms with Gasteiger partial charge in [-0.25, -0.2) is 0 Å². The molecule has 0 atom stereocenters. The summed E-state index contributed by atoms with van der Waals surface area (Å²) in [5, 5.41) is 9.07. The summed E-state index contributed by atoms with van der Waals surface area (Å²) in [5.74, 6) is 1.86. The van der Waals surface area contributed by atoms with Crippen molar-refractivity contribution in [1.82, 2.24) is 9.80 Å². The van der Waals surface area contributed by atoms with Gasteiger partial charge in [0, 0.05) is 26.1 Å². The molecule has 1 aliphatic heterocycles. The Labute approximate surface area is 154 Å². The van der Waals surface area contributed by atoms with E-state index >= 15 is 0 Å². The number of hydrogen-bond donors (Lipinski definition) is 1. The molecule has 4 saturated carbocycles. The van der Waals surface area contributed by atoms with Crippen LogP contribution in [0.15, 0.2) is 0 Å². The molecule has 5 aliphatic rings. The van der Waals surface area contributed by atoms with Gasteiger partial charge in [-0.2, -0.15) is 0 Å². The van der Waals surface area contributed by atoms with Crippen LogP contribution in [0.25, 0.3) is 0 Å². The van der Waals surface area contributed by atoms with Crippen molar-refractivity contribution in [3.8, 4) is 0 Å². The van der Waals surface area contributed by atoms with Gasteiger partial charge in [0.2, 0.25) is 11.8 Å². The van der Waals surface area contributed by atoms with Gasteiger partial charge in [0.1, 0.15) is 0 Å². The van der Waals surface area contributed by atoms with Crippen LogP contribution in [0.4, 0.5) is 0 Å². The molecule has 6 nitrogen and oxygen atoms in total. The van der Waals surface area contributed by atoms with Crippen LogP contribution in [0.2, 0.25) is 0 Å². The summed E-state index contributed by atoms with van der Waals surface area (Å²) in [6, 6.07) is 0. The van der Waals surface area contributed by atoms with Crippen LogP contribution >= 0.6 is 0 Å². The van der Waals surface area contributed by atoms with Crippen molar-refractivity contribution in [3.63, 3.8) is 0 Å². The standard InChI is InChI=1S/C20H30N2O4/c1-21(11-17(23)22-4-2-14(3-5-22)20(25)26)19(24)18-15-7-12-6-13(9-15)10-16(18)8-12/h12-16,18H,2-11H2,1H3,(H,25,26). The number of aliphatic carboxylic acids is 1. The Kier molecular flexibility index (Phi) is 4.70. The number of rotatable bonds is 4. The Morgan fingerprint density at radius 2 is 1.50 bits per heavy atom. The highest BCUT2D eigenvalue weighted by molar-refractivity contribution is 5.86.